The average molecular weight is 205 g/mol. The van der Waals surface area contributed by atoms with Crippen LogP contribution in [0.25, 0.3) is 0 Å². The van der Waals surface area contributed by atoms with Crippen molar-refractivity contribution in [3.05, 3.63) is 0 Å². The molecule has 0 heterocycles. The van der Waals surface area contributed by atoms with E-state index in [2.05, 4.69) is 0 Å². The van der Waals surface area contributed by atoms with Gasteiger partial charge in [0.25, 0.3) is 0 Å². The zero-order chi connectivity index (χ0) is 10.5. The first-order chi connectivity index (χ1) is 5.95. The molecule has 0 bridgehead atoms. The lowest BCUT2D eigenvalue weighted by molar-refractivity contribution is 0.350. The van der Waals surface area contributed by atoms with Crippen LogP contribution in [-0.2, 0) is 4.57 Å². The molecule has 2 N–H and O–H groups in total. The third kappa shape index (κ3) is 4.42. The predicted octanol–water partition coefficient (Wildman–Crippen LogP) is 1.88. The summed E-state index contributed by atoms with van der Waals surface area (Å²) in [5, 5.41) is 8.56. The first-order valence-corrected chi connectivity index (χ1v) is 6.08. The fourth-order valence-electron chi connectivity index (χ4n) is 1.20. The Morgan fingerprint density at radius 1 is 1.38 bits per heavy atom. The normalized spacial score (nSPS) is 14.2. The van der Waals surface area contributed by atoms with E-state index in [1.807, 2.05) is 13.8 Å². The van der Waals surface area contributed by atoms with Gasteiger partial charge < -0.3 is 9.79 Å². The number of nitrogens with zero attached hydrogens (tertiary/aromatic N) is 1. The number of hydrogen-bond donors (Lipinski definition) is 2. The Kier molecular flexibility index (Phi) is 5.24. The zero-order valence-corrected chi connectivity index (χ0v) is 8.87. The first kappa shape index (κ1) is 12.6. The molecule has 0 aromatic heterocycles. The van der Waals surface area contributed by atoms with Crippen LogP contribution in [0.2, 0.25) is 0 Å². The van der Waals surface area contributed by atoms with Gasteiger partial charge in [-0.05, 0) is 12.3 Å². The first-order valence-electron chi connectivity index (χ1n) is 4.40. The van der Waals surface area contributed by atoms with Crippen molar-refractivity contribution >= 4 is 7.60 Å². The molecule has 13 heavy (non-hydrogen) atoms. The molecule has 0 fully saturated rings. The maximum Gasteiger partial charge on any atom is 0.342 e. The minimum atomic E-state index is -4.22. The minimum absolute atomic E-state index is 0.234. The average Bonchev–Trinajstić information content (AvgIpc) is 2.04. The molecule has 0 saturated heterocycles. The van der Waals surface area contributed by atoms with Gasteiger partial charge in [0.15, 0.2) is 0 Å². The predicted molar refractivity (Wildman–Crippen MR) is 50.1 cm³/mol. The smallest absolute Gasteiger partial charge is 0.324 e. The summed E-state index contributed by atoms with van der Waals surface area (Å²) in [7, 11) is -4.22. The highest BCUT2D eigenvalue weighted by atomic mass is 31.2. The van der Waals surface area contributed by atoms with Gasteiger partial charge in [-0.3, -0.25) is 4.57 Å². The number of nitriles is 1. The molecule has 0 aliphatic rings. The van der Waals surface area contributed by atoms with Crippen molar-refractivity contribution in [1.29, 1.82) is 5.26 Å². The van der Waals surface area contributed by atoms with E-state index < -0.39 is 13.3 Å². The zero-order valence-electron chi connectivity index (χ0n) is 7.97. The summed E-state index contributed by atoms with van der Waals surface area (Å²) in [6, 6.07) is 1.68. The highest BCUT2D eigenvalue weighted by Gasteiger charge is 2.30. The topological polar surface area (TPSA) is 81.3 Å². The third-order valence-corrected chi connectivity index (χ3v) is 3.40. The van der Waals surface area contributed by atoms with Crippen molar-refractivity contribution in [1.82, 2.24) is 0 Å². The minimum Gasteiger partial charge on any atom is -0.324 e. The summed E-state index contributed by atoms with van der Waals surface area (Å²) in [6.45, 7) is 3.92. The van der Waals surface area contributed by atoms with Gasteiger partial charge in [0.2, 0.25) is 0 Å². The lowest BCUT2D eigenvalue weighted by Gasteiger charge is -2.16. The molecule has 4 nitrogen and oxygen atoms in total. The maximum absolute atomic E-state index is 10.8. The van der Waals surface area contributed by atoms with Crippen molar-refractivity contribution in [2.24, 2.45) is 5.92 Å². The molecule has 76 valence electrons. The Hall–Kier alpha value is -0.360. The van der Waals surface area contributed by atoms with E-state index in [0.29, 0.717) is 6.42 Å². The van der Waals surface area contributed by atoms with E-state index in [-0.39, 0.29) is 5.92 Å². The standard InChI is InChI=1S/C8H16NO3P/c1-3-7(4-2)5-8(6-9)13(10,11)12/h7-8H,3-5H2,1-2H3,(H2,10,11,12). The van der Waals surface area contributed by atoms with E-state index in [1.54, 1.807) is 6.07 Å². The van der Waals surface area contributed by atoms with Crippen LogP contribution >= 0.6 is 7.60 Å². The van der Waals surface area contributed by atoms with Gasteiger partial charge >= 0.3 is 7.60 Å². The van der Waals surface area contributed by atoms with Gasteiger partial charge in [-0.1, -0.05) is 26.7 Å². The summed E-state index contributed by atoms with van der Waals surface area (Å²) >= 11 is 0. The Morgan fingerprint density at radius 3 is 2.08 bits per heavy atom. The lowest BCUT2D eigenvalue weighted by Crippen LogP contribution is -2.11. The molecule has 0 aromatic carbocycles. The molecule has 1 unspecified atom stereocenters. The quantitative estimate of drug-likeness (QED) is 0.671. The molecule has 0 aromatic rings. The lowest BCUT2D eigenvalue weighted by atomic mass is 9.98. The Morgan fingerprint density at radius 2 is 1.85 bits per heavy atom. The molecule has 0 radical (unpaired) electrons. The molecule has 0 saturated carbocycles. The van der Waals surface area contributed by atoms with Crippen LogP contribution in [0.1, 0.15) is 33.1 Å². The third-order valence-electron chi connectivity index (χ3n) is 2.27. The molecule has 0 spiro atoms. The number of hydrogen-bond acceptors (Lipinski definition) is 2. The van der Waals surface area contributed by atoms with E-state index in [9.17, 15) is 4.57 Å². The van der Waals surface area contributed by atoms with E-state index in [4.69, 9.17) is 15.0 Å². The highest BCUT2D eigenvalue weighted by molar-refractivity contribution is 7.52. The second-order valence-electron chi connectivity index (χ2n) is 3.15. The van der Waals surface area contributed by atoms with Crippen LogP contribution < -0.4 is 0 Å². The Balaban J connectivity index is 4.31. The molecular formula is C8H16NO3P. The second-order valence-corrected chi connectivity index (χ2v) is 4.95. The van der Waals surface area contributed by atoms with E-state index >= 15 is 0 Å². The van der Waals surface area contributed by atoms with Gasteiger partial charge in [0, 0.05) is 0 Å². The van der Waals surface area contributed by atoms with Gasteiger partial charge in [0.1, 0.15) is 5.66 Å². The Bertz CT molecular complexity index is 226. The van der Waals surface area contributed by atoms with Crippen LogP contribution in [0, 0.1) is 17.2 Å². The molecule has 1 atom stereocenters. The summed E-state index contributed by atoms with van der Waals surface area (Å²) in [5.74, 6) is 0.234. The molecule has 0 aliphatic heterocycles. The molecule has 5 heteroatoms. The van der Waals surface area contributed by atoms with Crippen molar-refractivity contribution in [3.63, 3.8) is 0 Å². The van der Waals surface area contributed by atoms with Gasteiger partial charge in [-0.2, -0.15) is 5.26 Å². The van der Waals surface area contributed by atoms with Crippen LogP contribution in [-0.4, -0.2) is 15.4 Å². The Labute approximate surface area is 78.7 Å². The van der Waals surface area contributed by atoms with Gasteiger partial charge in [-0.25, -0.2) is 0 Å². The molecule has 0 amide bonds. The van der Waals surface area contributed by atoms with Crippen LogP contribution in [0.15, 0.2) is 0 Å². The summed E-state index contributed by atoms with van der Waals surface area (Å²) in [6.07, 6.45) is 2.01. The maximum atomic E-state index is 10.8. The SMILES string of the molecule is CCC(CC)CC(C#N)P(=O)(O)O. The van der Waals surface area contributed by atoms with Crippen LogP contribution in [0.5, 0.6) is 0 Å². The second kappa shape index (κ2) is 5.39. The molecule has 0 rings (SSSR count). The monoisotopic (exact) mass is 205 g/mol. The van der Waals surface area contributed by atoms with Crippen molar-refractivity contribution in [2.45, 2.75) is 38.8 Å². The number of rotatable bonds is 5. The fraction of sp³-hybridized carbons (Fsp3) is 0.875. The highest BCUT2D eigenvalue weighted by Crippen LogP contribution is 2.44. The summed E-state index contributed by atoms with van der Waals surface area (Å²) in [5.41, 5.74) is -1.13. The van der Waals surface area contributed by atoms with Crippen LogP contribution in [0.4, 0.5) is 0 Å². The van der Waals surface area contributed by atoms with Crippen molar-refractivity contribution < 1.29 is 14.4 Å². The fourth-order valence-corrected chi connectivity index (χ4v) is 1.93. The van der Waals surface area contributed by atoms with Crippen molar-refractivity contribution in [2.75, 3.05) is 0 Å². The van der Waals surface area contributed by atoms with Gasteiger partial charge in [-0.15, -0.1) is 0 Å². The van der Waals surface area contributed by atoms with E-state index in [0.717, 1.165) is 12.8 Å². The summed E-state index contributed by atoms with van der Waals surface area (Å²) in [4.78, 5) is 17.6. The largest absolute Gasteiger partial charge is 0.342 e. The molecular weight excluding hydrogens is 189 g/mol. The van der Waals surface area contributed by atoms with Gasteiger partial charge in [0.05, 0.1) is 6.07 Å². The van der Waals surface area contributed by atoms with Crippen LogP contribution in [0.3, 0.4) is 0 Å². The molecule has 0 aliphatic carbocycles. The van der Waals surface area contributed by atoms with Crippen molar-refractivity contribution in [3.8, 4) is 6.07 Å². The van der Waals surface area contributed by atoms with E-state index in [1.165, 1.54) is 0 Å². The summed E-state index contributed by atoms with van der Waals surface area (Å²) < 4.78 is 10.8.